The Labute approximate surface area is 207 Å². The minimum absolute atomic E-state index is 0.0219. The van der Waals surface area contributed by atoms with Crippen molar-refractivity contribution in [2.45, 2.75) is 40.0 Å². The van der Waals surface area contributed by atoms with Gasteiger partial charge in [-0.05, 0) is 37.0 Å². The number of benzene rings is 2. The van der Waals surface area contributed by atoms with Gasteiger partial charge in [-0.1, -0.05) is 38.0 Å². The molecule has 2 aromatic carbocycles. The number of ether oxygens (including phenoxy) is 1. The number of allylic oxidation sites excluding steroid dienone is 1. The molecule has 36 heavy (non-hydrogen) atoms. The lowest BCUT2D eigenvalue weighted by molar-refractivity contribution is -0.750. The fraction of sp³-hybridized carbons (Fsp3) is 0.280. The van der Waals surface area contributed by atoms with Gasteiger partial charge >= 0.3 is 11.9 Å². The molecule has 0 saturated carbocycles. The number of hydrogen-bond acceptors (Lipinski definition) is 8. The summed E-state index contributed by atoms with van der Waals surface area (Å²) < 4.78 is 4.54. The maximum absolute atomic E-state index is 13.1. The van der Waals surface area contributed by atoms with Crippen molar-refractivity contribution in [2.75, 3.05) is 7.11 Å². The van der Waals surface area contributed by atoms with Gasteiger partial charge in [0.15, 0.2) is 5.69 Å². The zero-order chi connectivity index (χ0) is 26.8. The normalized spacial score (nSPS) is 16.8. The molecule has 2 amide bonds. The molecule has 1 aliphatic rings. The molecule has 0 saturated heterocycles. The smallest absolute Gasteiger partial charge is 0.379 e. The first-order valence-corrected chi connectivity index (χ1v) is 11.1. The Balaban J connectivity index is 1.77. The van der Waals surface area contributed by atoms with Crippen LogP contribution in [-0.4, -0.2) is 35.5 Å². The SMILES string of the molecule is COC(=O)c1ccc(C(=O)NN/C(C)=C2\C(=O)[NH+](c3ccc(C(C)(C)C)cc3)N=C2C)cc1[N+](=O)[O-]. The lowest BCUT2D eigenvalue weighted by Crippen LogP contribution is -3.04. The number of methoxy groups -OCH3 is 1. The Morgan fingerprint density at radius 2 is 1.72 bits per heavy atom. The lowest BCUT2D eigenvalue weighted by Gasteiger charge is -2.19. The number of nitro groups is 1. The molecule has 1 atom stereocenters. The molecule has 2 aromatic rings. The van der Waals surface area contributed by atoms with Gasteiger partial charge in [0.05, 0.1) is 12.0 Å². The van der Waals surface area contributed by atoms with E-state index in [1.807, 2.05) is 24.3 Å². The van der Waals surface area contributed by atoms with Gasteiger partial charge in [-0.15, -0.1) is 5.01 Å². The van der Waals surface area contributed by atoms with Crippen molar-refractivity contribution < 1.29 is 29.1 Å². The molecule has 1 unspecified atom stereocenters. The highest BCUT2D eigenvalue weighted by Crippen LogP contribution is 2.23. The second-order valence-corrected chi connectivity index (χ2v) is 9.26. The van der Waals surface area contributed by atoms with Crippen molar-refractivity contribution in [3.05, 3.63) is 80.5 Å². The predicted molar refractivity (Wildman–Crippen MR) is 132 cm³/mol. The minimum Gasteiger partial charge on any atom is -0.465 e. The number of quaternary nitrogens is 1. The van der Waals surface area contributed by atoms with Gasteiger partial charge in [0.25, 0.3) is 11.6 Å². The number of esters is 1. The van der Waals surface area contributed by atoms with E-state index in [9.17, 15) is 24.5 Å². The highest BCUT2D eigenvalue weighted by molar-refractivity contribution is 6.21. The Hall–Kier alpha value is -4.38. The quantitative estimate of drug-likeness (QED) is 0.242. The van der Waals surface area contributed by atoms with Crippen molar-refractivity contribution in [1.82, 2.24) is 10.9 Å². The third-order valence-electron chi connectivity index (χ3n) is 5.71. The third-order valence-corrected chi connectivity index (χ3v) is 5.71. The number of nitrogens with one attached hydrogen (secondary N) is 3. The van der Waals surface area contributed by atoms with Crippen LogP contribution in [0.2, 0.25) is 0 Å². The van der Waals surface area contributed by atoms with Gasteiger partial charge in [-0.25, -0.2) is 9.59 Å². The highest BCUT2D eigenvalue weighted by Gasteiger charge is 2.37. The van der Waals surface area contributed by atoms with E-state index in [2.05, 4.69) is 41.5 Å². The summed E-state index contributed by atoms with van der Waals surface area (Å²) in [6.07, 6.45) is 0. The number of carbonyl (C=O) groups is 3. The fourth-order valence-corrected chi connectivity index (χ4v) is 3.71. The molecule has 0 radical (unpaired) electrons. The van der Waals surface area contributed by atoms with E-state index in [1.165, 1.54) is 6.07 Å². The van der Waals surface area contributed by atoms with E-state index in [1.54, 1.807) is 13.8 Å². The van der Waals surface area contributed by atoms with E-state index >= 15 is 0 Å². The van der Waals surface area contributed by atoms with Crippen LogP contribution in [0.25, 0.3) is 0 Å². The number of hydrogen-bond donors (Lipinski definition) is 3. The first-order valence-electron chi connectivity index (χ1n) is 11.1. The first kappa shape index (κ1) is 26.2. The maximum Gasteiger partial charge on any atom is 0.379 e. The predicted octanol–water partition coefficient (Wildman–Crippen LogP) is 2.32. The fourth-order valence-electron chi connectivity index (χ4n) is 3.71. The van der Waals surface area contributed by atoms with Gasteiger partial charge in [0.2, 0.25) is 0 Å². The molecular formula is C25H28N5O6+. The maximum atomic E-state index is 13.1. The molecule has 1 aliphatic heterocycles. The Morgan fingerprint density at radius 1 is 1.08 bits per heavy atom. The molecule has 0 fully saturated rings. The van der Waals surface area contributed by atoms with Crippen LogP contribution in [0.3, 0.4) is 0 Å². The monoisotopic (exact) mass is 494 g/mol. The Kier molecular flexibility index (Phi) is 7.35. The van der Waals surface area contributed by atoms with Crippen LogP contribution in [0.5, 0.6) is 0 Å². The van der Waals surface area contributed by atoms with Crippen molar-refractivity contribution in [1.29, 1.82) is 0 Å². The molecule has 11 nitrogen and oxygen atoms in total. The van der Waals surface area contributed by atoms with Crippen molar-refractivity contribution >= 4 is 34.9 Å². The van der Waals surface area contributed by atoms with E-state index in [0.717, 1.165) is 24.8 Å². The Morgan fingerprint density at radius 3 is 2.28 bits per heavy atom. The number of nitro benzene ring substituents is 1. The number of nitrogens with zero attached hydrogens (tertiary/aromatic N) is 2. The van der Waals surface area contributed by atoms with Gasteiger partial charge < -0.3 is 10.2 Å². The average Bonchev–Trinajstić information content (AvgIpc) is 3.14. The van der Waals surface area contributed by atoms with Crippen LogP contribution in [0.1, 0.15) is 60.9 Å². The minimum atomic E-state index is -0.887. The third kappa shape index (κ3) is 5.31. The van der Waals surface area contributed by atoms with Crippen molar-refractivity contribution in [2.24, 2.45) is 5.10 Å². The molecule has 188 valence electrons. The van der Waals surface area contributed by atoms with Crippen LogP contribution < -0.4 is 15.9 Å². The summed E-state index contributed by atoms with van der Waals surface area (Å²) in [6.45, 7) is 9.63. The zero-order valence-corrected chi connectivity index (χ0v) is 20.9. The van der Waals surface area contributed by atoms with Gasteiger partial charge in [0, 0.05) is 29.5 Å². The average molecular weight is 495 g/mol. The molecule has 1 heterocycles. The Bertz CT molecular complexity index is 1310. The second-order valence-electron chi connectivity index (χ2n) is 9.26. The highest BCUT2D eigenvalue weighted by atomic mass is 16.6. The molecular weight excluding hydrogens is 466 g/mol. The summed E-state index contributed by atoms with van der Waals surface area (Å²) >= 11 is 0. The molecule has 0 bridgehead atoms. The van der Waals surface area contributed by atoms with E-state index in [0.29, 0.717) is 27.7 Å². The topological polar surface area (TPSA) is 144 Å². The number of rotatable bonds is 6. The molecule has 3 rings (SSSR count). The molecule has 0 aromatic heterocycles. The van der Waals surface area contributed by atoms with Crippen LogP contribution in [-0.2, 0) is 14.9 Å². The summed E-state index contributed by atoms with van der Waals surface area (Å²) in [5.41, 5.74) is 7.19. The molecule has 3 N–H and O–H groups in total. The molecule has 0 aliphatic carbocycles. The second kappa shape index (κ2) is 10.1. The largest absolute Gasteiger partial charge is 0.465 e. The summed E-state index contributed by atoms with van der Waals surface area (Å²) in [5.74, 6) is -1.87. The zero-order valence-electron chi connectivity index (χ0n) is 20.9. The summed E-state index contributed by atoms with van der Waals surface area (Å²) in [6, 6.07) is 11.1. The first-order chi connectivity index (χ1) is 16.8. The number of carbonyl (C=O) groups excluding carboxylic acids is 3. The van der Waals surface area contributed by atoms with Gasteiger partial charge in [-0.3, -0.25) is 20.3 Å². The standard InChI is InChI=1S/C25H27N5O6/c1-14(26-27-22(31)16-7-12-19(24(33)36-6)20(13-16)30(34)35)21-15(2)28-29(23(21)32)18-10-8-17(9-11-18)25(3,4)5/h7-13,26H,1-6H3,(H,27,31)/p+1/b21-14-. The van der Waals surface area contributed by atoms with Crippen LogP contribution in [0.15, 0.2) is 58.8 Å². The number of amides is 2. The van der Waals surface area contributed by atoms with E-state index < -0.39 is 22.5 Å². The van der Waals surface area contributed by atoms with Crippen LogP contribution in [0, 0.1) is 10.1 Å². The van der Waals surface area contributed by atoms with Gasteiger partial charge in [0.1, 0.15) is 16.8 Å². The van der Waals surface area contributed by atoms with Gasteiger partial charge in [-0.2, -0.15) is 0 Å². The summed E-state index contributed by atoms with van der Waals surface area (Å²) in [7, 11) is 1.10. The van der Waals surface area contributed by atoms with Crippen molar-refractivity contribution in [3.63, 3.8) is 0 Å². The molecule has 0 spiro atoms. The van der Waals surface area contributed by atoms with Crippen LogP contribution in [0.4, 0.5) is 11.4 Å². The van der Waals surface area contributed by atoms with E-state index in [-0.39, 0.29) is 22.4 Å². The molecule has 11 heteroatoms. The lowest BCUT2D eigenvalue weighted by atomic mass is 9.87. The summed E-state index contributed by atoms with van der Waals surface area (Å²) in [5, 5.41) is 16.1. The van der Waals surface area contributed by atoms with Crippen molar-refractivity contribution in [3.8, 4) is 0 Å². The van der Waals surface area contributed by atoms with E-state index in [4.69, 9.17) is 0 Å². The summed E-state index contributed by atoms with van der Waals surface area (Å²) in [4.78, 5) is 48.0. The number of hydrazine groups is 1. The van der Waals surface area contributed by atoms with Crippen LogP contribution >= 0.6 is 0 Å².